The monoisotopic (exact) mass is 312 g/mol. The van der Waals surface area contributed by atoms with Crippen molar-refractivity contribution in [2.75, 3.05) is 20.3 Å². The lowest BCUT2D eigenvalue weighted by molar-refractivity contribution is 0.199. The summed E-state index contributed by atoms with van der Waals surface area (Å²) in [5.41, 5.74) is 2.14. The highest BCUT2D eigenvalue weighted by Gasteiger charge is 2.08. The van der Waals surface area contributed by atoms with Crippen LogP contribution in [0.15, 0.2) is 36.5 Å². The molecular weight excluding hydrogens is 295 g/mol. The molecule has 0 spiro atoms. The van der Waals surface area contributed by atoms with E-state index in [1.54, 1.807) is 7.11 Å². The van der Waals surface area contributed by atoms with Gasteiger partial charge in [-0.2, -0.15) is 0 Å². The van der Waals surface area contributed by atoms with Crippen molar-refractivity contribution in [3.05, 3.63) is 57.8 Å². The number of halogens is 2. The van der Waals surface area contributed by atoms with Crippen LogP contribution >= 0.6 is 23.2 Å². The Balaban J connectivity index is 2.05. The van der Waals surface area contributed by atoms with Gasteiger partial charge in [-0.25, -0.2) is 0 Å². The number of methoxy groups -OCH3 is 1. The third kappa shape index (κ3) is 4.00. The summed E-state index contributed by atoms with van der Waals surface area (Å²) in [6.45, 7) is 3.00. The fourth-order valence-electron chi connectivity index (χ4n) is 2.01. The zero-order valence-electron chi connectivity index (χ0n) is 11.4. The molecule has 0 aliphatic carbocycles. The van der Waals surface area contributed by atoms with Crippen LogP contribution in [0.4, 0.5) is 0 Å². The molecule has 0 aliphatic heterocycles. The van der Waals surface area contributed by atoms with Gasteiger partial charge >= 0.3 is 0 Å². The molecule has 2 rings (SSSR count). The summed E-state index contributed by atoms with van der Waals surface area (Å²) in [6, 6.07) is 9.70. The molecule has 0 unspecified atom stereocenters. The number of nitrogens with zero attached hydrogens (tertiary/aromatic N) is 1. The van der Waals surface area contributed by atoms with Gasteiger partial charge < -0.3 is 14.6 Å². The molecule has 20 heavy (non-hydrogen) atoms. The molecule has 0 fully saturated rings. The average Bonchev–Trinajstić information content (AvgIpc) is 2.87. The van der Waals surface area contributed by atoms with E-state index in [4.69, 9.17) is 27.9 Å². The number of rotatable bonds is 7. The third-order valence-electron chi connectivity index (χ3n) is 3.10. The van der Waals surface area contributed by atoms with Crippen molar-refractivity contribution in [1.29, 1.82) is 0 Å². The molecule has 5 heteroatoms. The SMILES string of the molecule is COCCNCc1cccn1Cc1c(Cl)cccc1Cl. The Bertz CT molecular complexity index is 534. The van der Waals surface area contributed by atoms with E-state index in [0.29, 0.717) is 23.2 Å². The molecule has 1 aromatic heterocycles. The van der Waals surface area contributed by atoms with Crippen LogP contribution in [0.1, 0.15) is 11.3 Å². The van der Waals surface area contributed by atoms with Crippen molar-refractivity contribution in [3.63, 3.8) is 0 Å². The molecule has 1 heterocycles. The van der Waals surface area contributed by atoms with Gasteiger partial charge in [-0.05, 0) is 24.3 Å². The molecule has 0 atom stereocenters. The van der Waals surface area contributed by atoms with Crippen molar-refractivity contribution in [1.82, 2.24) is 9.88 Å². The minimum Gasteiger partial charge on any atom is -0.383 e. The van der Waals surface area contributed by atoms with Crippen LogP contribution in [0, 0.1) is 0 Å². The van der Waals surface area contributed by atoms with E-state index in [-0.39, 0.29) is 0 Å². The first kappa shape index (κ1) is 15.4. The summed E-state index contributed by atoms with van der Waals surface area (Å²) in [7, 11) is 1.70. The smallest absolute Gasteiger partial charge is 0.0587 e. The van der Waals surface area contributed by atoms with Gasteiger partial charge in [-0.15, -0.1) is 0 Å². The molecule has 1 N–H and O–H groups in total. The van der Waals surface area contributed by atoms with Crippen LogP contribution in [0.25, 0.3) is 0 Å². The third-order valence-corrected chi connectivity index (χ3v) is 3.81. The van der Waals surface area contributed by atoms with E-state index in [2.05, 4.69) is 16.0 Å². The second-order valence-corrected chi connectivity index (χ2v) is 5.31. The molecule has 0 bridgehead atoms. The Kier molecular flexibility index (Phi) is 5.92. The highest BCUT2D eigenvalue weighted by Crippen LogP contribution is 2.25. The first-order valence-electron chi connectivity index (χ1n) is 6.49. The second kappa shape index (κ2) is 7.70. The van der Waals surface area contributed by atoms with Gasteiger partial charge in [0.1, 0.15) is 0 Å². The quantitative estimate of drug-likeness (QED) is 0.791. The van der Waals surface area contributed by atoms with Gasteiger partial charge in [-0.3, -0.25) is 0 Å². The normalized spacial score (nSPS) is 10.9. The van der Waals surface area contributed by atoms with Gasteiger partial charge in [0.15, 0.2) is 0 Å². The summed E-state index contributed by atoms with van der Waals surface area (Å²) < 4.78 is 7.16. The Labute approximate surface area is 129 Å². The molecule has 0 saturated carbocycles. The summed E-state index contributed by atoms with van der Waals surface area (Å²) in [5, 5.41) is 4.73. The molecule has 0 amide bonds. The van der Waals surface area contributed by atoms with Crippen LogP contribution in [0.5, 0.6) is 0 Å². The Hall–Kier alpha value is -1.00. The number of benzene rings is 1. The molecule has 1 aromatic carbocycles. The molecule has 0 aliphatic rings. The van der Waals surface area contributed by atoms with Crippen LogP contribution in [0.2, 0.25) is 10.0 Å². The van der Waals surface area contributed by atoms with E-state index >= 15 is 0 Å². The van der Waals surface area contributed by atoms with Crippen molar-refractivity contribution < 1.29 is 4.74 Å². The van der Waals surface area contributed by atoms with Gasteiger partial charge in [0.05, 0.1) is 13.2 Å². The number of hydrogen-bond donors (Lipinski definition) is 1. The van der Waals surface area contributed by atoms with Crippen LogP contribution in [-0.4, -0.2) is 24.8 Å². The average molecular weight is 313 g/mol. The zero-order chi connectivity index (χ0) is 14.4. The Morgan fingerprint density at radius 3 is 2.60 bits per heavy atom. The first-order chi connectivity index (χ1) is 9.72. The van der Waals surface area contributed by atoms with Crippen molar-refractivity contribution >= 4 is 23.2 Å². The summed E-state index contributed by atoms with van der Waals surface area (Å²) >= 11 is 12.4. The highest BCUT2D eigenvalue weighted by atomic mass is 35.5. The standard InChI is InChI=1S/C15H18Cl2N2O/c1-20-9-7-18-10-12-4-3-8-19(12)11-13-14(16)5-2-6-15(13)17/h2-6,8,18H,7,9-11H2,1H3. The predicted octanol–water partition coefficient (Wildman–Crippen LogP) is 3.58. The van der Waals surface area contributed by atoms with E-state index in [0.717, 1.165) is 18.7 Å². The zero-order valence-corrected chi connectivity index (χ0v) is 12.9. The molecule has 3 nitrogen and oxygen atoms in total. The van der Waals surface area contributed by atoms with E-state index in [1.807, 2.05) is 30.5 Å². The van der Waals surface area contributed by atoms with E-state index < -0.39 is 0 Å². The van der Waals surface area contributed by atoms with Gasteiger partial charge in [0.25, 0.3) is 0 Å². The minimum absolute atomic E-state index is 0.673. The molecular formula is C15H18Cl2N2O. The van der Waals surface area contributed by atoms with Gasteiger partial charge in [0.2, 0.25) is 0 Å². The van der Waals surface area contributed by atoms with Crippen molar-refractivity contribution in [2.24, 2.45) is 0 Å². The summed E-state index contributed by atoms with van der Waals surface area (Å²) in [6.07, 6.45) is 2.03. The predicted molar refractivity (Wildman–Crippen MR) is 83.6 cm³/mol. The lowest BCUT2D eigenvalue weighted by atomic mass is 10.2. The Morgan fingerprint density at radius 1 is 1.15 bits per heavy atom. The summed E-state index contributed by atoms with van der Waals surface area (Å²) in [5.74, 6) is 0. The minimum atomic E-state index is 0.673. The largest absolute Gasteiger partial charge is 0.383 e. The Morgan fingerprint density at radius 2 is 1.90 bits per heavy atom. The number of nitrogens with one attached hydrogen (secondary N) is 1. The number of hydrogen-bond acceptors (Lipinski definition) is 2. The molecule has 0 radical (unpaired) electrons. The maximum absolute atomic E-state index is 6.21. The topological polar surface area (TPSA) is 26.2 Å². The van der Waals surface area contributed by atoms with Gasteiger partial charge in [-0.1, -0.05) is 29.3 Å². The highest BCUT2D eigenvalue weighted by molar-refractivity contribution is 6.35. The molecule has 0 saturated heterocycles. The molecule has 108 valence electrons. The summed E-state index contributed by atoms with van der Waals surface area (Å²) in [4.78, 5) is 0. The van der Waals surface area contributed by atoms with E-state index in [9.17, 15) is 0 Å². The van der Waals surface area contributed by atoms with Gasteiger partial charge in [0, 0.05) is 47.7 Å². The maximum Gasteiger partial charge on any atom is 0.0587 e. The van der Waals surface area contributed by atoms with Crippen molar-refractivity contribution in [2.45, 2.75) is 13.1 Å². The number of ether oxygens (including phenoxy) is 1. The van der Waals surface area contributed by atoms with E-state index in [1.165, 1.54) is 5.69 Å². The maximum atomic E-state index is 6.21. The second-order valence-electron chi connectivity index (χ2n) is 4.50. The van der Waals surface area contributed by atoms with Crippen LogP contribution < -0.4 is 5.32 Å². The molecule has 2 aromatic rings. The first-order valence-corrected chi connectivity index (χ1v) is 7.24. The van der Waals surface area contributed by atoms with Crippen LogP contribution in [-0.2, 0) is 17.8 Å². The van der Waals surface area contributed by atoms with Crippen LogP contribution in [0.3, 0.4) is 0 Å². The lowest BCUT2D eigenvalue weighted by Gasteiger charge is -2.12. The fourth-order valence-corrected chi connectivity index (χ4v) is 2.53. The van der Waals surface area contributed by atoms with Crippen molar-refractivity contribution in [3.8, 4) is 0 Å². The number of aromatic nitrogens is 1. The fraction of sp³-hybridized carbons (Fsp3) is 0.333. The lowest BCUT2D eigenvalue weighted by Crippen LogP contribution is -2.20.